The zero-order chi connectivity index (χ0) is 14.8. The largest absolute Gasteiger partial charge is 0.360 e. The third-order valence-electron chi connectivity index (χ3n) is 3.63. The van der Waals surface area contributed by atoms with Crippen molar-refractivity contribution >= 4 is 16.7 Å². The second-order valence-corrected chi connectivity index (χ2v) is 8.11. The summed E-state index contributed by atoms with van der Waals surface area (Å²) >= 11 is 1.49. The van der Waals surface area contributed by atoms with E-state index in [0.717, 1.165) is 29.3 Å². The Hall–Kier alpha value is -0.680. The second-order valence-electron chi connectivity index (χ2n) is 7.36. The minimum absolute atomic E-state index is 0.0395. The van der Waals surface area contributed by atoms with Crippen LogP contribution >= 0.6 is 11.5 Å². The van der Waals surface area contributed by atoms with Gasteiger partial charge in [-0.05, 0) is 24.8 Å². The molecule has 0 radical (unpaired) electrons. The Kier molecular flexibility index (Phi) is 5.02. The number of hydrogen-bond donors (Lipinski definition) is 1. The summed E-state index contributed by atoms with van der Waals surface area (Å²) in [5.41, 5.74) is 0.0395. The zero-order valence-corrected chi connectivity index (χ0v) is 14.3. The molecule has 5 heteroatoms. The molecule has 1 aromatic rings. The molecular formula is C15H28N4S. The van der Waals surface area contributed by atoms with Gasteiger partial charge in [-0.2, -0.15) is 4.37 Å². The summed E-state index contributed by atoms with van der Waals surface area (Å²) in [4.78, 5) is 7.17. The van der Waals surface area contributed by atoms with Gasteiger partial charge in [-0.15, -0.1) is 0 Å². The maximum Gasteiger partial charge on any atom is 0.202 e. The minimum Gasteiger partial charge on any atom is -0.360 e. The van der Waals surface area contributed by atoms with Gasteiger partial charge in [0.2, 0.25) is 5.13 Å². The van der Waals surface area contributed by atoms with E-state index in [0.29, 0.717) is 0 Å². The van der Waals surface area contributed by atoms with Crippen molar-refractivity contribution in [2.75, 3.05) is 31.5 Å². The lowest BCUT2D eigenvalue weighted by Gasteiger charge is -2.18. The van der Waals surface area contributed by atoms with Gasteiger partial charge in [0.25, 0.3) is 0 Å². The highest BCUT2D eigenvalue weighted by molar-refractivity contribution is 7.09. The van der Waals surface area contributed by atoms with Crippen LogP contribution in [0, 0.1) is 11.8 Å². The van der Waals surface area contributed by atoms with Crippen LogP contribution in [-0.2, 0) is 5.41 Å². The number of nitrogens with one attached hydrogen (secondary N) is 1. The fourth-order valence-electron chi connectivity index (χ4n) is 2.59. The molecule has 1 saturated heterocycles. The highest BCUT2D eigenvalue weighted by Crippen LogP contribution is 2.24. The summed E-state index contributed by atoms with van der Waals surface area (Å²) in [5, 5.41) is 4.44. The van der Waals surface area contributed by atoms with Gasteiger partial charge in [0.05, 0.1) is 0 Å². The lowest BCUT2D eigenvalue weighted by atomic mass is 9.96. The highest BCUT2D eigenvalue weighted by atomic mass is 32.1. The maximum atomic E-state index is 4.59. The number of aromatic nitrogens is 2. The topological polar surface area (TPSA) is 41.0 Å². The molecule has 2 rings (SSSR count). The molecule has 0 saturated carbocycles. The molecule has 0 amide bonds. The predicted octanol–water partition coefficient (Wildman–Crippen LogP) is 3.23. The van der Waals surface area contributed by atoms with Crippen LogP contribution in [0.15, 0.2) is 0 Å². The zero-order valence-electron chi connectivity index (χ0n) is 13.4. The molecular weight excluding hydrogens is 268 g/mol. The van der Waals surface area contributed by atoms with E-state index in [-0.39, 0.29) is 5.41 Å². The summed E-state index contributed by atoms with van der Waals surface area (Å²) in [6.07, 6.45) is 1.30. The van der Waals surface area contributed by atoms with Crippen molar-refractivity contribution in [3.63, 3.8) is 0 Å². The van der Waals surface area contributed by atoms with Crippen LogP contribution in [0.3, 0.4) is 0 Å². The molecule has 20 heavy (non-hydrogen) atoms. The molecule has 114 valence electrons. The van der Waals surface area contributed by atoms with E-state index in [1.54, 1.807) is 0 Å². The van der Waals surface area contributed by atoms with Gasteiger partial charge in [-0.1, -0.05) is 34.6 Å². The first-order valence-electron chi connectivity index (χ1n) is 7.65. The van der Waals surface area contributed by atoms with Crippen molar-refractivity contribution < 1.29 is 0 Å². The Morgan fingerprint density at radius 2 is 2.15 bits per heavy atom. The third kappa shape index (κ3) is 4.42. The molecule has 0 spiro atoms. The van der Waals surface area contributed by atoms with Crippen molar-refractivity contribution in [2.45, 2.75) is 46.5 Å². The van der Waals surface area contributed by atoms with Crippen LogP contribution in [0.2, 0.25) is 0 Å². The third-order valence-corrected chi connectivity index (χ3v) is 4.30. The molecule has 1 aromatic heterocycles. The number of likely N-dealkylation sites (tertiary alicyclic amines) is 1. The summed E-state index contributed by atoms with van der Waals surface area (Å²) in [6, 6.07) is 0. The summed E-state index contributed by atoms with van der Waals surface area (Å²) < 4.78 is 4.44. The standard InChI is InChI=1S/C15H28N4S/c1-11(2)9-19-7-6-12(10-19)8-16-14-17-13(18-20-14)15(3,4)5/h11-12H,6-10H2,1-5H3,(H,16,17,18). The van der Waals surface area contributed by atoms with E-state index < -0.39 is 0 Å². The Morgan fingerprint density at radius 1 is 1.40 bits per heavy atom. The molecule has 0 aromatic carbocycles. The summed E-state index contributed by atoms with van der Waals surface area (Å²) in [5.74, 6) is 2.45. The normalized spacial score (nSPS) is 20.8. The summed E-state index contributed by atoms with van der Waals surface area (Å²) in [7, 11) is 0. The average Bonchev–Trinajstić information content (AvgIpc) is 2.93. The van der Waals surface area contributed by atoms with Crippen molar-refractivity contribution in [3.05, 3.63) is 5.82 Å². The summed E-state index contributed by atoms with van der Waals surface area (Å²) in [6.45, 7) is 15.8. The van der Waals surface area contributed by atoms with E-state index in [4.69, 9.17) is 0 Å². The highest BCUT2D eigenvalue weighted by Gasteiger charge is 2.23. The molecule has 0 aliphatic carbocycles. The molecule has 1 N–H and O–H groups in total. The second kappa shape index (κ2) is 6.39. The number of nitrogens with zero attached hydrogens (tertiary/aromatic N) is 3. The predicted molar refractivity (Wildman–Crippen MR) is 86.5 cm³/mol. The van der Waals surface area contributed by atoms with Crippen molar-refractivity contribution in [2.24, 2.45) is 11.8 Å². The number of anilines is 1. The van der Waals surface area contributed by atoms with Gasteiger partial charge < -0.3 is 10.2 Å². The molecule has 1 fully saturated rings. The molecule has 0 bridgehead atoms. The molecule has 1 atom stereocenters. The van der Waals surface area contributed by atoms with Crippen molar-refractivity contribution in [3.8, 4) is 0 Å². The molecule has 1 aliphatic heterocycles. The monoisotopic (exact) mass is 296 g/mol. The molecule has 1 aliphatic rings. The first-order chi connectivity index (χ1) is 9.34. The van der Waals surface area contributed by atoms with Crippen LogP contribution < -0.4 is 5.32 Å². The Balaban J connectivity index is 1.77. The van der Waals surface area contributed by atoms with Gasteiger partial charge in [-0.25, -0.2) is 4.98 Å². The van der Waals surface area contributed by atoms with Gasteiger partial charge >= 0.3 is 0 Å². The van der Waals surface area contributed by atoms with E-state index in [9.17, 15) is 0 Å². The van der Waals surface area contributed by atoms with Gasteiger partial charge in [0, 0.05) is 36.6 Å². The van der Waals surface area contributed by atoms with Crippen LogP contribution in [0.1, 0.15) is 46.9 Å². The minimum atomic E-state index is 0.0395. The Bertz CT molecular complexity index is 422. The molecule has 4 nitrogen and oxygen atoms in total. The Labute approximate surface area is 127 Å². The first kappa shape index (κ1) is 15.7. The fourth-order valence-corrected chi connectivity index (χ4v) is 3.36. The van der Waals surface area contributed by atoms with Crippen LogP contribution in [0.25, 0.3) is 0 Å². The lowest BCUT2D eigenvalue weighted by molar-refractivity contribution is 0.289. The molecule has 2 heterocycles. The SMILES string of the molecule is CC(C)CN1CCC(CNc2nc(C(C)(C)C)ns2)C1. The van der Waals surface area contributed by atoms with Crippen molar-refractivity contribution in [1.82, 2.24) is 14.3 Å². The smallest absolute Gasteiger partial charge is 0.202 e. The van der Waals surface area contributed by atoms with E-state index in [1.165, 1.54) is 37.6 Å². The van der Waals surface area contributed by atoms with E-state index >= 15 is 0 Å². The molecule has 1 unspecified atom stereocenters. The first-order valence-corrected chi connectivity index (χ1v) is 8.42. The van der Waals surface area contributed by atoms with Gasteiger partial charge in [0.1, 0.15) is 5.82 Å². The van der Waals surface area contributed by atoms with Crippen LogP contribution in [0.4, 0.5) is 5.13 Å². The van der Waals surface area contributed by atoms with Crippen molar-refractivity contribution in [1.29, 1.82) is 0 Å². The number of rotatable bonds is 5. The quantitative estimate of drug-likeness (QED) is 0.906. The Morgan fingerprint density at radius 3 is 2.75 bits per heavy atom. The van der Waals surface area contributed by atoms with Crippen LogP contribution in [-0.4, -0.2) is 40.4 Å². The average molecular weight is 296 g/mol. The van der Waals surface area contributed by atoms with E-state index in [1.807, 2.05) is 0 Å². The van der Waals surface area contributed by atoms with E-state index in [2.05, 4.69) is 54.2 Å². The van der Waals surface area contributed by atoms with Gasteiger partial charge in [-0.3, -0.25) is 0 Å². The fraction of sp³-hybridized carbons (Fsp3) is 0.867. The van der Waals surface area contributed by atoms with Crippen LogP contribution in [0.5, 0.6) is 0 Å². The number of hydrogen-bond acceptors (Lipinski definition) is 5. The maximum absolute atomic E-state index is 4.59. The lowest BCUT2D eigenvalue weighted by Crippen LogP contribution is -2.26. The van der Waals surface area contributed by atoms with Gasteiger partial charge in [0.15, 0.2) is 0 Å².